The van der Waals surface area contributed by atoms with E-state index in [1.165, 1.54) is 5.56 Å². The van der Waals surface area contributed by atoms with Crippen molar-refractivity contribution in [1.82, 2.24) is 0 Å². The molecule has 1 heterocycles. The summed E-state index contributed by atoms with van der Waals surface area (Å²) < 4.78 is 45.1. The summed E-state index contributed by atoms with van der Waals surface area (Å²) >= 11 is 0. The first-order valence-corrected chi connectivity index (χ1v) is 8.89. The van der Waals surface area contributed by atoms with Crippen LogP contribution in [0.4, 0.5) is 17.3 Å². The lowest BCUT2D eigenvalue weighted by Gasteiger charge is -2.19. The number of phenolic OH excluding ortho intramolecular Hbond substituents is 1. The lowest BCUT2D eigenvalue weighted by molar-refractivity contribution is 0.368. The second-order valence-electron chi connectivity index (χ2n) is 8.53. The van der Waals surface area contributed by atoms with E-state index in [1.807, 2.05) is 24.3 Å². The van der Waals surface area contributed by atoms with E-state index in [-0.39, 0.29) is 16.6 Å². The summed E-state index contributed by atoms with van der Waals surface area (Å²) in [4.78, 5) is 0. The van der Waals surface area contributed by atoms with Gasteiger partial charge in [-0.15, -0.1) is 0 Å². The van der Waals surface area contributed by atoms with Crippen LogP contribution in [0.25, 0.3) is 12.2 Å². The Hall–Kier alpha value is -2.31. The molecule has 0 aliphatic heterocycles. The largest absolute Gasteiger partial charge is 0.673 e. The van der Waals surface area contributed by atoms with E-state index in [0.717, 1.165) is 17.1 Å². The zero-order chi connectivity index (χ0) is 21.8. The Morgan fingerprint density at radius 3 is 1.75 bits per heavy atom. The molecule has 1 N–H and O–H groups in total. The minimum Gasteiger partial charge on any atom is -0.508 e. The van der Waals surface area contributed by atoms with Crippen LogP contribution in [0.5, 0.6) is 5.75 Å². The molecule has 2 rings (SSSR count). The smallest absolute Gasteiger partial charge is 0.508 e. The number of phenols is 1. The maximum absolute atomic E-state index is 9.75. The van der Waals surface area contributed by atoms with Crippen molar-refractivity contribution < 1.29 is 26.8 Å². The molecule has 0 bridgehead atoms. The van der Waals surface area contributed by atoms with Gasteiger partial charge in [-0.05, 0) is 55.5 Å². The molecule has 0 aliphatic carbocycles. The third-order valence-electron chi connectivity index (χ3n) is 3.75. The zero-order valence-corrected chi connectivity index (χ0v) is 17.1. The molecule has 0 aliphatic rings. The monoisotopic (exact) mass is 398 g/mol. The summed E-state index contributed by atoms with van der Waals surface area (Å²) in [5.74, 6) is 2.10. The molecule has 1 aromatic heterocycles. The van der Waals surface area contributed by atoms with Crippen LogP contribution >= 0.6 is 0 Å². The lowest BCUT2D eigenvalue weighted by atomic mass is 9.84. The standard InChI is InChI=1S/C21H26O2.BF4/c1-20(2,3)16-13-18(23-19(14-16)21(4,5)6)12-9-15-7-10-17(22)11-8-15;2-1(3,4)5/h7-14H,1-6H3;/q;-1/p+1/b12-9+;. The Bertz CT molecular complexity index is 761. The van der Waals surface area contributed by atoms with Crippen molar-refractivity contribution in [1.29, 1.82) is 0 Å². The summed E-state index contributed by atoms with van der Waals surface area (Å²) in [6.45, 7) is 13.1. The van der Waals surface area contributed by atoms with Gasteiger partial charge in [0.15, 0.2) is 0 Å². The average molecular weight is 398 g/mol. The number of benzene rings is 1. The highest BCUT2D eigenvalue weighted by Crippen LogP contribution is 2.31. The van der Waals surface area contributed by atoms with Gasteiger partial charge in [0.05, 0.1) is 5.41 Å². The Kier molecular flexibility index (Phi) is 7.46. The van der Waals surface area contributed by atoms with Crippen LogP contribution in [0.1, 0.15) is 64.2 Å². The van der Waals surface area contributed by atoms with Crippen molar-refractivity contribution in [3.05, 3.63) is 59.0 Å². The Morgan fingerprint density at radius 2 is 1.32 bits per heavy atom. The van der Waals surface area contributed by atoms with Crippen LogP contribution < -0.4 is 0 Å². The van der Waals surface area contributed by atoms with Crippen molar-refractivity contribution in [2.75, 3.05) is 0 Å². The molecule has 0 fully saturated rings. The minimum absolute atomic E-state index is 0.0393. The highest BCUT2D eigenvalue weighted by molar-refractivity contribution is 6.50. The van der Waals surface area contributed by atoms with Gasteiger partial charge in [-0.3, -0.25) is 0 Å². The third kappa shape index (κ3) is 9.06. The van der Waals surface area contributed by atoms with Crippen molar-refractivity contribution >= 4 is 19.4 Å². The maximum atomic E-state index is 9.75. The van der Waals surface area contributed by atoms with Gasteiger partial charge in [-0.25, -0.2) is 4.42 Å². The first-order valence-electron chi connectivity index (χ1n) is 8.89. The number of halogens is 4. The number of rotatable bonds is 2. The van der Waals surface area contributed by atoms with Crippen LogP contribution in [0.2, 0.25) is 0 Å². The summed E-state index contributed by atoms with van der Waals surface area (Å²) in [7, 11) is -6.00. The fourth-order valence-corrected chi connectivity index (χ4v) is 2.17. The third-order valence-corrected chi connectivity index (χ3v) is 3.75. The molecule has 154 valence electrons. The summed E-state index contributed by atoms with van der Waals surface area (Å²) in [6, 6.07) is 11.4. The average Bonchev–Trinajstić information content (AvgIpc) is 2.51. The molecule has 0 saturated heterocycles. The molecule has 0 amide bonds. The van der Waals surface area contributed by atoms with Crippen molar-refractivity contribution in [2.45, 2.75) is 52.4 Å². The minimum atomic E-state index is -6.00. The van der Waals surface area contributed by atoms with Crippen molar-refractivity contribution in [3.63, 3.8) is 0 Å². The van der Waals surface area contributed by atoms with Crippen LogP contribution in [0.3, 0.4) is 0 Å². The second-order valence-corrected chi connectivity index (χ2v) is 8.53. The first-order chi connectivity index (χ1) is 12.6. The second kappa shape index (κ2) is 8.80. The maximum Gasteiger partial charge on any atom is 0.673 e. The van der Waals surface area contributed by atoms with E-state index in [4.69, 9.17) is 4.42 Å². The summed E-state index contributed by atoms with van der Waals surface area (Å²) in [5, 5.41) is 9.35. The van der Waals surface area contributed by atoms with E-state index >= 15 is 0 Å². The van der Waals surface area contributed by atoms with Gasteiger partial charge in [-0.2, -0.15) is 0 Å². The topological polar surface area (TPSA) is 31.5 Å². The van der Waals surface area contributed by atoms with E-state index < -0.39 is 7.25 Å². The predicted molar refractivity (Wildman–Crippen MR) is 108 cm³/mol. The Balaban J connectivity index is 0.000000696. The molecular weight excluding hydrogens is 371 g/mol. The van der Waals surface area contributed by atoms with Gasteiger partial charge >= 0.3 is 18.8 Å². The number of hydrogen-bond acceptors (Lipinski definition) is 1. The van der Waals surface area contributed by atoms with Gasteiger partial charge in [0.1, 0.15) is 5.75 Å². The molecule has 2 nitrogen and oxygen atoms in total. The number of aromatic hydroxyl groups is 1. The van der Waals surface area contributed by atoms with Crippen LogP contribution in [-0.2, 0) is 10.8 Å². The summed E-state index contributed by atoms with van der Waals surface area (Å²) in [5.41, 5.74) is 2.32. The molecule has 0 unspecified atom stereocenters. The fourth-order valence-electron chi connectivity index (χ4n) is 2.17. The summed E-state index contributed by atoms with van der Waals surface area (Å²) in [6.07, 6.45) is 3.98. The highest BCUT2D eigenvalue weighted by atomic mass is 19.5. The Labute approximate surface area is 164 Å². The van der Waals surface area contributed by atoms with Crippen LogP contribution in [0, 0.1) is 0 Å². The van der Waals surface area contributed by atoms with E-state index in [1.54, 1.807) is 12.1 Å². The van der Waals surface area contributed by atoms with Gasteiger partial charge < -0.3 is 22.4 Å². The van der Waals surface area contributed by atoms with E-state index in [0.29, 0.717) is 0 Å². The Morgan fingerprint density at radius 1 is 0.821 bits per heavy atom. The molecule has 28 heavy (non-hydrogen) atoms. The lowest BCUT2D eigenvalue weighted by Crippen LogP contribution is -2.16. The first kappa shape index (κ1) is 23.7. The van der Waals surface area contributed by atoms with E-state index in [9.17, 15) is 22.4 Å². The molecular formula is C21H27BF4O2. The molecule has 1 aromatic carbocycles. The molecule has 0 radical (unpaired) electrons. The van der Waals surface area contributed by atoms with Crippen molar-refractivity contribution in [2.24, 2.45) is 0 Å². The molecule has 0 saturated carbocycles. The normalized spacial score (nSPS) is 12.6. The van der Waals surface area contributed by atoms with Gasteiger partial charge in [0.25, 0.3) is 0 Å². The number of hydrogen-bond donors (Lipinski definition) is 1. The predicted octanol–water partition coefficient (Wildman–Crippen LogP) is 7.33. The molecule has 2 aromatic rings. The van der Waals surface area contributed by atoms with Crippen LogP contribution in [0.15, 0.2) is 40.8 Å². The molecule has 0 atom stereocenters. The molecule has 0 spiro atoms. The van der Waals surface area contributed by atoms with Gasteiger partial charge in [0, 0.05) is 18.2 Å². The highest BCUT2D eigenvalue weighted by Gasteiger charge is 2.30. The van der Waals surface area contributed by atoms with Gasteiger partial charge in [0.2, 0.25) is 0 Å². The van der Waals surface area contributed by atoms with E-state index in [2.05, 4.69) is 53.7 Å². The SMILES string of the molecule is CC(C)(C)c1cc(/C=C/c2ccc(O)cc2)[o+]c(C(C)(C)C)c1.F[B-](F)(F)F. The zero-order valence-electron chi connectivity index (χ0n) is 17.1. The molecule has 7 heteroatoms. The van der Waals surface area contributed by atoms with Gasteiger partial charge in [-0.1, -0.05) is 32.9 Å². The van der Waals surface area contributed by atoms with Crippen LogP contribution in [-0.4, -0.2) is 12.4 Å². The quantitative estimate of drug-likeness (QED) is 0.326. The fraction of sp³-hybridized carbons (Fsp3) is 0.381. The van der Waals surface area contributed by atoms with Crippen molar-refractivity contribution in [3.8, 4) is 5.75 Å².